The zero-order valence-corrected chi connectivity index (χ0v) is 12.1. The predicted octanol–water partition coefficient (Wildman–Crippen LogP) is 4.79. The number of hydrogen-bond acceptors (Lipinski definition) is 2. The van der Waals surface area contributed by atoms with Gasteiger partial charge in [-0.05, 0) is 46.9 Å². The smallest absolute Gasteiger partial charge is 0.166 e. The molecule has 21 heavy (non-hydrogen) atoms. The van der Waals surface area contributed by atoms with E-state index in [1.165, 1.54) is 12.1 Å². The van der Waals surface area contributed by atoms with E-state index in [4.69, 9.17) is 0 Å². The second kappa shape index (κ2) is 5.43. The first-order valence-corrected chi connectivity index (χ1v) is 6.45. The molecule has 0 atom stereocenters. The van der Waals surface area contributed by atoms with Gasteiger partial charge in [0.2, 0.25) is 0 Å². The molecular weight excluding hydrogens is 413 g/mol. The van der Waals surface area contributed by atoms with Gasteiger partial charge in [0.1, 0.15) is 3.70 Å². The maximum atomic E-state index is 13.0. The summed E-state index contributed by atoms with van der Waals surface area (Å²) >= 11 is 1.81. The topological polar surface area (TPSA) is 25.8 Å². The van der Waals surface area contributed by atoms with Gasteiger partial charge in [-0.15, -0.1) is 10.2 Å². The third-order valence-corrected chi connectivity index (χ3v) is 3.14. The first-order chi connectivity index (χ1) is 9.59. The van der Waals surface area contributed by atoms with E-state index in [-0.39, 0.29) is 11.8 Å². The molecule has 0 N–H and O–H groups in total. The first kappa shape index (κ1) is 16.0. The molecule has 0 saturated heterocycles. The van der Waals surface area contributed by atoms with Crippen LogP contribution in [0, 0.1) is 3.70 Å². The number of hydrogen-bond donors (Lipinski definition) is 0. The van der Waals surface area contributed by atoms with Crippen molar-refractivity contribution in [1.29, 1.82) is 0 Å². The van der Waals surface area contributed by atoms with Crippen LogP contribution in [0.2, 0.25) is 0 Å². The molecule has 0 saturated carbocycles. The van der Waals surface area contributed by atoms with Gasteiger partial charge in [0.15, 0.2) is 0 Å². The standard InChI is InChI=1S/C12H5F6IN2/c13-11(14,15)6-1-2-7(8(5-6)12(16,17)18)9-3-4-10(19)21-20-9/h1-5H. The molecule has 0 aliphatic rings. The van der Waals surface area contributed by atoms with Gasteiger partial charge < -0.3 is 0 Å². The lowest BCUT2D eigenvalue weighted by molar-refractivity contribution is -0.142. The van der Waals surface area contributed by atoms with Crippen LogP contribution in [-0.4, -0.2) is 10.2 Å². The summed E-state index contributed by atoms with van der Waals surface area (Å²) in [4.78, 5) is 0. The number of alkyl halides is 6. The lowest BCUT2D eigenvalue weighted by Crippen LogP contribution is -2.12. The number of benzene rings is 1. The average Bonchev–Trinajstić information content (AvgIpc) is 2.37. The minimum Gasteiger partial charge on any atom is -0.166 e. The summed E-state index contributed by atoms with van der Waals surface area (Å²) in [6, 6.07) is 4.11. The maximum absolute atomic E-state index is 13.0. The van der Waals surface area contributed by atoms with E-state index < -0.39 is 29.0 Å². The third kappa shape index (κ3) is 3.63. The molecular formula is C12H5F6IN2. The first-order valence-electron chi connectivity index (χ1n) is 5.37. The number of rotatable bonds is 1. The summed E-state index contributed by atoms with van der Waals surface area (Å²) in [5.41, 5.74) is -3.35. The molecule has 2 rings (SSSR count). The molecule has 0 fully saturated rings. The van der Waals surface area contributed by atoms with Crippen molar-refractivity contribution < 1.29 is 26.3 Å². The van der Waals surface area contributed by atoms with Crippen molar-refractivity contribution in [2.24, 2.45) is 0 Å². The molecule has 0 amide bonds. The van der Waals surface area contributed by atoms with Crippen molar-refractivity contribution in [3.8, 4) is 11.3 Å². The number of aromatic nitrogens is 2. The Hall–Kier alpha value is -1.39. The van der Waals surface area contributed by atoms with Gasteiger partial charge in [0.05, 0.1) is 16.8 Å². The molecule has 0 unspecified atom stereocenters. The van der Waals surface area contributed by atoms with Crippen LogP contribution in [0.4, 0.5) is 26.3 Å². The lowest BCUT2D eigenvalue weighted by Gasteiger charge is -2.15. The van der Waals surface area contributed by atoms with Crippen molar-refractivity contribution in [3.63, 3.8) is 0 Å². The third-order valence-electron chi connectivity index (χ3n) is 2.56. The zero-order chi connectivity index (χ0) is 15.8. The molecule has 1 heterocycles. The number of halogens is 7. The Labute approximate surface area is 128 Å². The Balaban J connectivity index is 2.63. The van der Waals surface area contributed by atoms with Crippen molar-refractivity contribution in [3.05, 3.63) is 45.2 Å². The van der Waals surface area contributed by atoms with E-state index in [1.54, 1.807) is 0 Å². The van der Waals surface area contributed by atoms with Gasteiger partial charge in [-0.1, -0.05) is 6.07 Å². The molecule has 0 aliphatic carbocycles. The summed E-state index contributed by atoms with van der Waals surface area (Å²) in [5, 5.41) is 7.17. The van der Waals surface area contributed by atoms with E-state index in [1.807, 2.05) is 22.6 Å². The maximum Gasteiger partial charge on any atom is 0.417 e. The summed E-state index contributed by atoms with van der Waals surface area (Å²) in [5.74, 6) is 0. The zero-order valence-electron chi connectivity index (χ0n) is 9.93. The fourth-order valence-electron chi connectivity index (χ4n) is 1.64. The van der Waals surface area contributed by atoms with E-state index in [2.05, 4.69) is 10.2 Å². The molecule has 112 valence electrons. The molecule has 2 aromatic rings. The summed E-state index contributed by atoms with van der Waals surface area (Å²) in [7, 11) is 0. The van der Waals surface area contributed by atoms with Crippen LogP contribution in [-0.2, 0) is 12.4 Å². The fraction of sp³-hybridized carbons (Fsp3) is 0.167. The van der Waals surface area contributed by atoms with Crippen LogP contribution < -0.4 is 0 Å². The van der Waals surface area contributed by atoms with Gasteiger partial charge in [0, 0.05) is 5.56 Å². The van der Waals surface area contributed by atoms with E-state index in [9.17, 15) is 26.3 Å². The van der Waals surface area contributed by atoms with Gasteiger partial charge in [0.25, 0.3) is 0 Å². The predicted molar refractivity (Wildman–Crippen MR) is 70.2 cm³/mol. The molecule has 9 heteroatoms. The monoisotopic (exact) mass is 418 g/mol. The van der Waals surface area contributed by atoms with Gasteiger partial charge in [-0.2, -0.15) is 26.3 Å². The molecule has 1 aromatic heterocycles. The summed E-state index contributed by atoms with van der Waals surface area (Å²) in [6.45, 7) is 0. The minimum atomic E-state index is -4.93. The second-order valence-electron chi connectivity index (χ2n) is 4.00. The Kier molecular flexibility index (Phi) is 4.13. The SMILES string of the molecule is FC(F)(F)c1ccc(-c2ccc(I)nn2)c(C(F)(F)F)c1. The molecule has 2 nitrogen and oxygen atoms in total. The minimum absolute atomic E-state index is 0.0784. The fourth-order valence-corrected chi connectivity index (χ4v) is 1.93. The second-order valence-corrected chi connectivity index (χ2v) is 5.10. The molecule has 0 aliphatic heterocycles. The van der Waals surface area contributed by atoms with Crippen molar-refractivity contribution in [2.45, 2.75) is 12.4 Å². The lowest BCUT2D eigenvalue weighted by atomic mass is 10.0. The largest absolute Gasteiger partial charge is 0.417 e. The van der Waals surface area contributed by atoms with E-state index in [0.29, 0.717) is 9.77 Å². The van der Waals surface area contributed by atoms with E-state index in [0.717, 1.165) is 6.07 Å². The van der Waals surface area contributed by atoms with Crippen LogP contribution in [0.3, 0.4) is 0 Å². The molecule has 1 aromatic carbocycles. The van der Waals surface area contributed by atoms with Crippen LogP contribution >= 0.6 is 22.6 Å². The Morgan fingerprint density at radius 3 is 1.95 bits per heavy atom. The quantitative estimate of drug-likeness (QED) is 0.492. The average molecular weight is 418 g/mol. The van der Waals surface area contributed by atoms with Crippen molar-refractivity contribution in [2.75, 3.05) is 0 Å². The van der Waals surface area contributed by atoms with Crippen LogP contribution in [0.25, 0.3) is 11.3 Å². The van der Waals surface area contributed by atoms with Crippen LogP contribution in [0.15, 0.2) is 30.3 Å². The molecule has 0 bridgehead atoms. The van der Waals surface area contributed by atoms with E-state index >= 15 is 0 Å². The number of nitrogens with zero attached hydrogens (tertiary/aromatic N) is 2. The molecule has 0 radical (unpaired) electrons. The summed E-state index contributed by atoms with van der Waals surface area (Å²) in [6.07, 6.45) is -9.78. The Bertz CT molecular complexity index is 648. The van der Waals surface area contributed by atoms with Crippen LogP contribution in [0.1, 0.15) is 11.1 Å². The highest BCUT2D eigenvalue weighted by Gasteiger charge is 2.38. The highest BCUT2D eigenvalue weighted by Crippen LogP contribution is 2.40. The van der Waals surface area contributed by atoms with Gasteiger partial charge in [-0.3, -0.25) is 0 Å². The Morgan fingerprint density at radius 2 is 1.48 bits per heavy atom. The van der Waals surface area contributed by atoms with Crippen molar-refractivity contribution >= 4 is 22.6 Å². The summed E-state index contributed by atoms with van der Waals surface area (Å²) < 4.78 is 77.0. The van der Waals surface area contributed by atoms with Crippen LogP contribution in [0.5, 0.6) is 0 Å². The molecule has 0 spiro atoms. The Morgan fingerprint density at radius 1 is 0.810 bits per heavy atom. The highest BCUT2D eigenvalue weighted by molar-refractivity contribution is 14.1. The normalized spacial score (nSPS) is 12.5. The van der Waals surface area contributed by atoms with Gasteiger partial charge >= 0.3 is 12.4 Å². The van der Waals surface area contributed by atoms with Gasteiger partial charge in [-0.25, -0.2) is 0 Å². The highest BCUT2D eigenvalue weighted by atomic mass is 127. The van der Waals surface area contributed by atoms with Crippen molar-refractivity contribution in [1.82, 2.24) is 10.2 Å².